The smallest absolute Gasteiger partial charge is 0.289 e. The van der Waals surface area contributed by atoms with Gasteiger partial charge in [0.15, 0.2) is 5.76 Å². The number of amides is 2. The highest BCUT2D eigenvalue weighted by atomic mass is 16.3. The predicted octanol–water partition coefficient (Wildman–Crippen LogP) is 2.12. The van der Waals surface area contributed by atoms with Crippen LogP contribution in [-0.4, -0.2) is 59.9 Å². The zero-order valence-corrected chi connectivity index (χ0v) is 15.2. The number of carbonyl (C=O) groups is 2. The van der Waals surface area contributed by atoms with Crippen LogP contribution in [0.2, 0.25) is 0 Å². The fourth-order valence-electron chi connectivity index (χ4n) is 3.87. The van der Waals surface area contributed by atoms with Crippen molar-refractivity contribution in [2.45, 2.75) is 51.6 Å². The first-order valence-corrected chi connectivity index (χ1v) is 9.43. The van der Waals surface area contributed by atoms with Gasteiger partial charge in [0, 0.05) is 32.2 Å². The van der Waals surface area contributed by atoms with Crippen molar-refractivity contribution >= 4 is 11.8 Å². The Balaban J connectivity index is 1.48. The van der Waals surface area contributed by atoms with Gasteiger partial charge in [0.25, 0.3) is 5.91 Å². The second kappa shape index (κ2) is 8.04. The molecule has 1 saturated heterocycles. The Bertz CT molecular complexity index is 579. The Hall–Kier alpha value is -1.82. The van der Waals surface area contributed by atoms with E-state index in [1.54, 1.807) is 17.0 Å². The minimum absolute atomic E-state index is 0.0715. The first-order chi connectivity index (χ1) is 12.1. The average Bonchev–Trinajstić information content (AvgIpc) is 3.17. The molecule has 2 aliphatic rings. The fraction of sp³-hybridized carbons (Fsp3) is 0.684. The maximum Gasteiger partial charge on any atom is 0.289 e. The number of hydrogen-bond acceptors (Lipinski definition) is 4. The van der Waals surface area contributed by atoms with E-state index in [4.69, 9.17) is 4.42 Å². The molecule has 138 valence electrons. The highest BCUT2D eigenvalue weighted by Crippen LogP contribution is 2.24. The van der Waals surface area contributed by atoms with E-state index in [0.717, 1.165) is 6.42 Å². The fourth-order valence-corrected chi connectivity index (χ4v) is 3.87. The maximum absolute atomic E-state index is 12.6. The van der Waals surface area contributed by atoms with E-state index in [9.17, 15) is 9.59 Å². The Kier molecular flexibility index (Phi) is 5.78. The zero-order valence-electron chi connectivity index (χ0n) is 15.2. The summed E-state index contributed by atoms with van der Waals surface area (Å²) >= 11 is 0. The Labute approximate surface area is 149 Å². The number of nitrogens with one attached hydrogen (secondary N) is 1. The van der Waals surface area contributed by atoms with Crippen molar-refractivity contribution in [3.8, 4) is 0 Å². The lowest BCUT2D eigenvalue weighted by molar-refractivity contribution is -0.127. The predicted molar refractivity (Wildman–Crippen MR) is 95.2 cm³/mol. The molecule has 3 unspecified atom stereocenters. The van der Waals surface area contributed by atoms with Gasteiger partial charge in [-0.25, -0.2) is 0 Å². The van der Waals surface area contributed by atoms with E-state index in [1.807, 2.05) is 6.92 Å². The first-order valence-electron chi connectivity index (χ1n) is 9.43. The van der Waals surface area contributed by atoms with Gasteiger partial charge in [-0.1, -0.05) is 19.8 Å². The van der Waals surface area contributed by atoms with E-state index < -0.39 is 0 Å². The molecule has 1 aliphatic heterocycles. The summed E-state index contributed by atoms with van der Waals surface area (Å²) < 4.78 is 5.19. The van der Waals surface area contributed by atoms with Crippen LogP contribution in [0.15, 0.2) is 22.8 Å². The van der Waals surface area contributed by atoms with Crippen LogP contribution >= 0.6 is 0 Å². The Morgan fingerprint density at radius 1 is 1.20 bits per heavy atom. The summed E-state index contributed by atoms with van der Waals surface area (Å²) in [7, 11) is 0. The molecule has 2 fully saturated rings. The maximum atomic E-state index is 12.6. The molecule has 3 rings (SSSR count). The van der Waals surface area contributed by atoms with Gasteiger partial charge in [-0.05, 0) is 37.8 Å². The largest absolute Gasteiger partial charge is 0.459 e. The van der Waals surface area contributed by atoms with Crippen LogP contribution in [-0.2, 0) is 4.79 Å². The van der Waals surface area contributed by atoms with Crippen LogP contribution in [0.3, 0.4) is 0 Å². The number of furan rings is 1. The van der Waals surface area contributed by atoms with Crippen molar-refractivity contribution in [1.29, 1.82) is 0 Å². The molecule has 6 heteroatoms. The van der Waals surface area contributed by atoms with E-state index in [1.165, 1.54) is 25.5 Å². The summed E-state index contributed by atoms with van der Waals surface area (Å²) in [5, 5.41) is 3.25. The summed E-state index contributed by atoms with van der Waals surface area (Å²) in [6, 6.07) is 3.57. The van der Waals surface area contributed by atoms with Crippen LogP contribution in [0.25, 0.3) is 0 Å². The molecular weight excluding hydrogens is 318 g/mol. The lowest BCUT2D eigenvalue weighted by atomic mass is 9.86. The monoisotopic (exact) mass is 347 g/mol. The molecule has 0 radical (unpaired) electrons. The summed E-state index contributed by atoms with van der Waals surface area (Å²) in [6.07, 6.45) is 6.28. The number of hydrogen-bond donors (Lipinski definition) is 1. The van der Waals surface area contributed by atoms with Gasteiger partial charge < -0.3 is 14.6 Å². The zero-order chi connectivity index (χ0) is 17.8. The minimum atomic E-state index is -0.157. The van der Waals surface area contributed by atoms with Crippen molar-refractivity contribution in [3.05, 3.63) is 24.2 Å². The van der Waals surface area contributed by atoms with Gasteiger partial charge in [0.1, 0.15) is 0 Å². The highest BCUT2D eigenvalue weighted by molar-refractivity contribution is 5.91. The lowest BCUT2D eigenvalue weighted by Gasteiger charge is -2.38. The second-order valence-corrected chi connectivity index (χ2v) is 7.36. The standard InChI is InChI=1S/C19H29N3O3/c1-14-6-3-4-7-16(14)20-18(23)15(2)21-9-11-22(12-10-21)19(24)17-8-5-13-25-17/h5,8,13-16H,3-4,6-7,9-12H2,1-2H3,(H,20,23). The topological polar surface area (TPSA) is 65.8 Å². The molecule has 3 atom stereocenters. The van der Waals surface area contributed by atoms with E-state index in [0.29, 0.717) is 43.9 Å². The quantitative estimate of drug-likeness (QED) is 0.906. The molecule has 6 nitrogen and oxygen atoms in total. The molecule has 0 aromatic carbocycles. The van der Waals surface area contributed by atoms with Crippen molar-refractivity contribution in [2.75, 3.05) is 26.2 Å². The van der Waals surface area contributed by atoms with E-state index in [-0.39, 0.29) is 17.9 Å². The van der Waals surface area contributed by atoms with Crippen molar-refractivity contribution < 1.29 is 14.0 Å². The summed E-state index contributed by atoms with van der Waals surface area (Å²) in [5.41, 5.74) is 0. The van der Waals surface area contributed by atoms with Crippen LogP contribution in [0.4, 0.5) is 0 Å². The van der Waals surface area contributed by atoms with E-state index in [2.05, 4.69) is 17.1 Å². The average molecular weight is 347 g/mol. The number of rotatable bonds is 4. The van der Waals surface area contributed by atoms with Gasteiger partial charge in [-0.3, -0.25) is 14.5 Å². The third-order valence-corrected chi connectivity index (χ3v) is 5.70. The molecule has 25 heavy (non-hydrogen) atoms. The third kappa shape index (κ3) is 4.24. The Morgan fingerprint density at radius 2 is 1.92 bits per heavy atom. The molecule has 1 saturated carbocycles. The molecule has 0 bridgehead atoms. The van der Waals surface area contributed by atoms with Crippen molar-refractivity contribution in [3.63, 3.8) is 0 Å². The van der Waals surface area contributed by atoms with Gasteiger partial charge in [0.2, 0.25) is 5.91 Å². The third-order valence-electron chi connectivity index (χ3n) is 5.70. The summed E-state index contributed by atoms with van der Waals surface area (Å²) in [6.45, 7) is 6.86. The SMILES string of the molecule is CC1CCCCC1NC(=O)C(C)N1CCN(C(=O)c2ccco2)CC1. The lowest BCUT2D eigenvalue weighted by Crippen LogP contribution is -2.56. The minimum Gasteiger partial charge on any atom is -0.459 e. The first kappa shape index (κ1) is 18.0. The number of carbonyl (C=O) groups excluding carboxylic acids is 2. The van der Waals surface area contributed by atoms with Gasteiger partial charge in [0.05, 0.1) is 12.3 Å². The summed E-state index contributed by atoms with van der Waals surface area (Å²) in [4.78, 5) is 28.9. The van der Waals surface area contributed by atoms with Gasteiger partial charge in [-0.2, -0.15) is 0 Å². The molecular formula is C19H29N3O3. The second-order valence-electron chi connectivity index (χ2n) is 7.36. The number of piperazine rings is 1. The molecule has 2 heterocycles. The normalized spacial score (nSPS) is 26.2. The van der Waals surface area contributed by atoms with Crippen LogP contribution in [0.1, 0.15) is 50.1 Å². The summed E-state index contributed by atoms with van der Waals surface area (Å²) in [5.74, 6) is 0.987. The molecule has 2 amide bonds. The molecule has 0 spiro atoms. The van der Waals surface area contributed by atoms with Crippen LogP contribution < -0.4 is 5.32 Å². The van der Waals surface area contributed by atoms with E-state index >= 15 is 0 Å². The van der Waals surface area contributed by atoms with Gasteiger partial charge >= 0.3 is 0 Å². The van der Waals surface area contributed by atoms with Crippen LogP contribution in [0.5, 0.6) is 0 Å². The molecule has 1 aromatic heterocycles. The molecule has 1 aliphatic carbocycles. The molecule has 1 aromatic rings. The van der Waals surface area contributed by atoms with Gasteiger partial charge in [-0.15, -0.1) is 0 Å². The highest BCUT2D eigenvalue weighted by Gasteiger charge is 2.30. The van der Waals surface area contributed by atoms with Crippen LogP contribution in [0, 0.1) is 5.92 Å². The van der Waals surface area contributed by atoms with Crippen molar-refractivity contribution in [2.24, 2.45) is 5.92 Å². The molecule has 1 N–H and O–H groups in total. The Morgan fingerprint density at radius 3 is 2.56 bits per heavy atom. The van der Waals surface area contributed by atoms with Crippen molar-refractivity contribution in [1.82, 2.24) is 15.1 Å². The number of nitrogens with zero attached hydrogens (tertiary/aromatic N) is 2.